The first-order valence-electron chi connectivity index (χ1n) is 5.22. The number of halogens is 1. The summed E-state index contributed by atoms with van der Waals surface area (Å²) in [7, 11) is 0. The molecule has 1 aliphatic heterocycles. The number of allylic oxidation sites excluding steroid dienone is 3. The van der Waals surface area contributed by atoms with Crippen molar-refractivity contribution >= 4 is 17.8 Å². The highest BCUT2D eigenvalue weighted by Crippen LogP contribution is 2.13. The van der Waals surface area contributed by atoms with Gasteiger partial charge in [-0.2, -0.15) is 0 Å². The van der Waals surface area contributed by atoms with Gasteiger partial charge in [-0.25, -0.2) is 9.18 Å². The van der Waals surface area contributed by atoms with E-state index >= 15 is 0 Å². The molecule has 18 heavy (non-hydrogen) atoms. The molecule has 1 rings (SSSR count). The molecule has 1 saturated heterocycles. The van der Waals surface area contributed by atoms with Crippen LogP contribution in [0.15, 0.2) is 36.2 Å². The Morgan fingerprint density at radius 1 is 1.33 bits per heavy atom. The van der Waals surface area contributed by atoms with Crippen LogP contribution in [0.1, 0.15) is 19.8 Å². The monoisotopic (exact) mass is 253 g/mol. The molecule has 2 amide bonds. The summed E-state index contributed by atoms with van der Waals surface area (Å²) in [6.07, 6.45) is 3.35. The fourth-order valence-corrected chi connectivity index (χ4v) is 1.14. The Bertz CT molecular complexity index is 449. The minimum absolute atomic E-state index is 0.0155. The van der Waals surface area contributed by atoms with Crippen LogP contribution < -0.4 is 0 Å². The highest BCUT2D eigenvalue weighted by Gasteiger charge is 2.33. The van der Waals surface area contributed by atoms with E-state index < -0.39 is 23.6 Å². The molecule has 0 aromatic rings. The maximum atomic E-state index is 12.7. The molecule has 0 saturated carbocycles. The predicted molar refractivity (Wildman–Crippen MR) is 60.3 cm³/mol. The van der Waals surface area contributed by atoms with Crippen LogP contribution in [0.5, 0.6) is 0 Å². The molecule has 0 N–H and O–H groups in total. The van der Waals surface area contributed by atoms with Gasteiger partial charge in [0.25, 0.3) is 11.8 Å². The van der Waals surface area contributed by atoms with Gasteiger partial charge in [-0.15, -0.1) is 5.06 Å². The van der Waals surface area contributed by atoms with Gasteiger partial charge < -0.3 is 4.84 Å². The van der Waals surface area contributed by atoms with Crippen LogP contribution in [0.4, 0.5) is 4.39 Å². The third kappa shape index (κ3) is 3.38. The van der Waals surface area contributed by atoms with Crippen LogP contribution in [0.25, 0.3) is 0 Å². The van der Waals surface area contributed by atoms with Crippen molar-refractivity contribution < 1.29 is 23.6 Å². The SMILES string of the molecule is C=C(/C=C\C(F)=C/C)C(=O)ON1C(=O)CCC1=O. The number of rotatable bonds is 4. The minimum atomic E-state index is -0.973. The van der Waals surface area contributed by atoms with Gasteiger partial charge in [0.1, 0.15) is 5.83 Å². The molecule has 1 heterocycles. The van der Waals surface area contributed by atoms with E-state index in [1.54, 1.807) is 0 Å². The molecule has 96 valence electrons. The Hall–Kier alpha value is -2.24. The number of hydrogen-bond donors (Lipinski definition) is 0. The van der Waals surface area contributed by atoms with Crippen molar-refractivity contribution in [2.45, 2.75) is 19.8 Å². The number of hydrogen-bond acceptors (Lipinski definition) is 4. The molecule has 1 aliphatic rings. The van der Waals surface area contributed by atoms with Crippen molar-refractivity contribution in [2.75, 3.05) is 0 Å². The summed E-state index contributed by atoms with van der Waals surface area (Å²) < 4.78 is 12.7. The van der Waals surface area contributed by atoms with Crippen LogP contribution in [-0.4, -0.2) is 22.8 Å². The maximum Gasteiger partial charge on any atom is 0.363 e. The van der Waals surface area contributed by atoms with Gasteiger partial charge in [-0.1, -0.05) is 12.7 Å². The molecule has 0 atom stereocenters. The normalized spacial score (nSPS) is 16.6. The van der Waals surface area contributed by atoms with Crippen LogP contribution in [0, 0.1) is 0 Å². The Labute approximate surface area is 103 Å². The largest absolute Gasteiger partial charge is 0.363 e. The Morgan fingerprint density at radius 3 is 2.39 bits per heavy atom. The molecular formula is C12H12FNO4. The minimum Gasteiger partial charge on any atom is -0.325 e. The lowest BCUT2D eigenvalue weighted by molar-refractivity contribution is -0.194. The van der Waals surface area contributed by atoms with E-state index in [2.05, 4.69) is 11.4 Å². The Balaban J connectivity index is 2.61. The first-order valence-corrected chi connectivity index (χ1v) is 5.22. The summed E-state index contributed by atoms with van der Waals surface area (Å²) in [5, 5.41) is 0.410. The maximum absolute atomic E-state index is 12.7. The van der Waals surface area contributed by atoms with Crippen molar-refractivity contribution in [3.8, 4) is 0 Å². The van der Waals surface area contributed by atoms with Gasteiger partial charge in [0.2, 0.25) is 0 Å². The van der Waals surface area contributed by atoms with E-state index in [1.165, 1.54) is 13.0 Å². The zero-order valence-corrected chi connectivity index (χ0v) is 9.81. The van der Waals surface area contributed by atoms with Crippen LogP contribution in [-0.2, 0) is 19.2 Å². The lowest BCUT2D eigenvalue weighted by Crippen LogP contribution is -2.32. The third-order valence-electron chi connectivity index (χ3n) is 2.16. The molecule has 1 fully saturated rings. The first-order chi connectivity index (χ1) is 8.45. The number of imide groups is 1. The van der Waals surface area contributed by atoms with Crippen LogP contribution in [0.2, 0.25) is 0 Å². The number of hydroxylamine groups is 2. The van der Waals surface area contributed by atoms with E-state index in [4.69, 9.17) is 0 Å². The van der Waals surface area contributed by atoms with Gasteiger partial charge in [0, 0.05) is 12.8 Å². The molecular weight excluding hydrogens is 241 g/mol. The number of amides is 2. The summed E-state index contributed by atoms with van der Waals surface area (Å²) in [4.78, 5) is 38.3. The number of carbonyl (C=O) groups excluding carboxylic acids is 3. The lowest BCUT2D eigenvalue weighted by atomic mass is 10.2. The number of nitrogens with zero attached hydrogens (tertiary/aromatic N) is 1. The number of carbonyl (C=O) groups is 3. The zero-order valence-electron chi connectivity index (χ0n) is 9.81. The average molecular weight is 253 g/mol. The van der Waals surface area contributed by atoms with Crippen molar-refractivity contribution in [3.63, 3.8) is 0 Å². The summed E-state index contributed by atoms with van der Waals surface area (Å²) >= 11 is 0. The van der Waals surface area contributed by atoms with E-state index in [0.29, 0.717) is 5.06 Å². The quantitative estimate of drug-likeness (QED) is 0.433. The van der Waals surface area contributed by atoms with Gasteiger partial charge in [0.05, 0.1) is 5.57 Å². The van der Waals surface area contributed by atoms with E-state index in [9.17, 15) is 18.8 Å². The molecule has 6 heteroatoms. The molecule has 0 spiro atoms. The second kappa shape index (κ2) is 5.90. The third-order valence-corrected chi connectivity index (χ3v) is 2.16. The average Bonchev–Trinajstić information content (AvgIpc) is 2.66. The Kier molecular flexibility index (Phi) is 4.53. The van der Waals surface area contributed by atoms with Crippen molar-refractivity contribution in [2.24, 2.45) is 0 Å². The topological polar surface area (TPSA) is 63.7 Å². The van der Waals surface area contributed by atoms with Gasteiger partial charge >= 0.3 is 5.97 Å². The fraction of sp³-hybridized carbons (Fsp3) is 0.250. The predicted octanol–water partition coefficient (Wildman–Crippen LogP) is 1.58. The zero-order chi connectivity index (χ0) is 13.7. The van der Waals surface area contributed by atoms with E-state index in [-0.39, 0.29) is 18.4 Å². The summed E-state index contributed by atoms with van der Waals surface area (Å²) in [5.74, 6) is -2.68. The second-order valence-corrected chi connectivity index (χ2v) is 3.49. The van der Waals surface area contributed by atoms with E-state index in [1.807, 2.05) is 0 Å². The first kappa shape index (κ1) is 13.8. The summed E-state index contributed by atoms with van der Waals surface area (Å²) in [6.45, 7) is 4.84. The van der Waals surface area contributed by atoms with E-state index in [0.717, 1.165) is 12.2 Å². The van der Waals surface area contributed by atoms with Crippen molar-refractivity contribution in [1.82, 2.24) is 5.06 Å². The van der Waals surface area contributed by atoms with Crippen molar-refractivity contribution in [1.29, 1.82) is 0 Å². The molecule has 0 aromatic heterocycles. The van der Waals surface area contributed by atoms with Crippen LogP contribution in [0.3, 0.4) is 0 Å². The van der Waals surface area contributed by atoms with Gasteiger partial charge in [-0.05, 0) is 19.1 Å². The summed E-state index contributed by atoms with van der Waals surface area (Å²) in [6, 6.07) is 0. The summed E-state index contributed by atoms with van der Waals surface area (Å²) in [5.41, 5.74) is -0.167. The molecule has 0 aromatic carbocycles. The molecule has 0 radical (unpaired) electrons. The highest BCUT2D eigenvalue weighted by molar-refractivity contribution is 6.02. The van der Waals surface area contributed by atoms with Gasteiger partial charge in [0.15, 0.2) is 0 Å². The molecule has 5 nitrogen and oxygen atoms in total. The Morgan fingerprint density at radius 2 is 1.89 bits per heavy atom. The highest BCUT2D eigenvalue weighted by atomic mass is 19.1. The second-order valence-electron chi connectivity index (χ2n) is 3.49. The van der Waals surface area contributed by atoms with Crippen molar-refractivity contribution in [3.05, 3.63) is 36.2 Å². The van der Waals surface area contributed by atoms with Crippen LogP contribution >= 0.6 is 0 Å². The lowest BCUT2D eigenvalue weighted by Gasteiger charge is -2.12. The molecule has 0 aliphatic carbocycles. The smallest absolute Gasteiger partial charge is 0.325 e. The molecule has 0 bridgehead atoms. The standard InChI is InChI=1S/C12H12FNO4/c1-3-9(13)5-4-8(2)12(17)18-14-10(15)6-7-11(14)16/h3-5H,2,6-7H2,1H3/b5-4-,9-3+. The molecule has 0 unspecified atom stereocenters. The van der Waals surface area contributed by atoms with Gasteiger partial charge in [-0.3, -0.25) is 9.59 Å². The fourth-order valence-electron chi connectivity index (χ4n) is 1.14.